The molecule has 6 nitrogen and oxygen atoms in total. The van der Waals surface area contributed by atoms with Gasteiger partial charge in [-0.15, -0.1) is 13.2 Å². The van der Waals surface area contributed by atoms with E-state index in [1.807, 2.05) is 18.2 Å². The van der Waals surface area contributed by atoms with E-state index in [0.717, 1.165) is 23.2 Å². The Morgan fingerprint density at radius 1 is 1.06 bits per heavy atom. The third kappa shape index (κ3) is 6.00. The molecule has 9 heteroatoms. The van der Waals surface area contributed by atoms with Crippen molar-refractivity contribution >= 4 is 5.97 Å². The minimum absolute atomic E-state index is 0.0562. The normalized spacial score (nSPS) is 17.3. The smallest absolute Gasteiger partial charge is 0.487 e. The molecule has 4 rings (SSSR count). The number of nitrogens with zero attached hydrogens (tertiary/aromatic N) is 2. The van der Waals surface area contributed by atoms with E-state index >= 15 is 0 Å². The van der Waals surface area contributed by atoms with Crippen LogP contribution in [0.2, 0.25) is 0 Å². The lowest BCUT2D eigenvalue weighted by Gasteiger charge is -2.11. The Morgan fingerprint density at radius 3 is 2.58 bits per heavy atom. The van der Waals surface area contributed by atoms with Crippen LogP contribution in [0.15, 0.2) is 61.1 Å². The Morgan fingerprint density at radius 2 is 1.85 bits per heavy atom. The lowest BCUT2D eigenvalue weighted by molar-refractivity contribution is -0.274. The summed E-state index contributed by atoms with van der Waals surface area (Å²) in [6, 6.07) is 11.1. The first-order valence-electron chi connectivity index (χ1n) is 10.4. The summed E-state index contributed by atoms with van der Waals surface area (Å²) >= 11 is 0. The van der Waals surface area contributed by atoms with Crippen LogP contribution in [0.5, 0.6) is 11.5 Å². The molecule has 1 saturated carbocycles. The fourth-order valence-corrected chi connectivity index (χ4v) is 3.47. The molecular formula is C24H21F3N2O4. The number of carbonyl (C=O) groups excluding carboxylic acids is 1. The highest BCUT2D eigenvalue weighted by Crippen LogP contribution is 2.48. The van der Waals surface area contributed by atoms with Gasteiger partial charge in [0.25, 0.3) is 0 Å². The van der Waals surface area contributed by atoms with Gasteiger partial charge < -0.3 is 14.2 Å². The molecule has 0 radical (unpaired) electrons. The molecule has 0 saturated heterocycles. The Balaban J connectivity index is 1.40. The summed E-state index contributed by atoms with van der Waals surface area (Å²) in [4.78, 5) is 20.6. The summed E-state index contributed by atoms with van der Waals surface area (Å²) in [6.45, 7) is 2.30. The molecule has 1 fully saturated rings. The topological polar surface area (TPSA) is 70.5 Å². The van der Waals surface area contributed by atoms with E-state index in [2.05, 4.69) is 14.7 Å². The second-order valence-electron chi connectivity index (χ2n) is 7.56. The predicted molar refractivity (Wildman–Crippen MR) is 112 cm³/mol. The van der Waals surface area contributed by atoms with Crippen molar-refractivity contribution in [2.45, 2.75) is 32.2 Å². The number of pyridine rings is 2. The number of aromatic nitrogens is 2. The molecule has 1 aromatic carbocycles. The Bertz CT molecular complexity index is 1120. The first kappa shape index (κ1) is 22.6. The number of benzene rings is 1. The highest BCUT2D eigenvalue weighted by molar-refractivity contribution is 5.77. The van der Waals surface area contributed by atoms with E-state index in [4.69, 9.17) is 9.47 Å². The predicted octanol–water partition coefficient (Wildman–Crippen LogP) is 5.29. The minimum atomic E-state index is -4.73. The number of hydrogen-bond acceptors (Lipinski definition) is 6. The lowest BCUT2D eigenvalue weighted by atomic mass is 10.1. The van der Waals surface area contributed by atoms with Crippen molar-refractivity contribution in [2.75, 3.05) is 6.61 Å². The van der Waals surface area contributed by atoms with Gasteiger partial charge in [0, 0.05) is 29.6 Å². The van der Waals surface area contributed by atoms with Crippen LogP contribution >= 0.6 is 0 Å². The third-order valence-corrected chi connectivity index (χ3v) is 5.15. The van der Waals surface area contributed by atoms with E-state index < -0.39 is 6.36 Å². The first-order chi connectivity index (χ1) is 15.8. The standard InChI is InChI=1S/C24H21F3N2O4/c1-2-31-23(30)21-11-20(21)22-10-16(7-8-29-22)17-9-19(13-28-12-17)32-14-15-3-5-18(6-4-15)33-24(25,26)27/h3-10,12-13,20-21H,2,11,14H2,1H3. The van der Waals surface area contributed by atoms with Gasteiger partial charge in [0.15, 0.2) is 0 Å². The number of rotatable bonds is 8. The molecule has 2 atom stereocenters. The summed E-state index contributed by atoms with van der Waals surface area (Å²) < 4.78 is 51.5. The molecule has 0 aliphatic heterocycles. The molecule has 0 spiro atoms. The first-order valence-corrected chi connectivity index (χ1v) is 10.4. The van der Waals surface area contributed by atoms with Crippen LogP contribution in [-0.4, -0.2) is 28.9 Å². The highest BCUT2D eigenvalue weighted by Gasteiger charge is 2.46. The van der Waals surface area contributed by atoms with Gasteiger partial charge in [-0.05, 0) is 54.8 Å². The summed E-state index contributed by atoms with van der Waals surface area (Å²) in [7, 11) is 0. The zero-order valence-electron chi connectivity index (χ0n) is 17.7. The van der Waals surface area contributed by atoms with Crippen molar-refractivity contribution in [1.82, 2.24) is 9.97 Å². The molecule has 0 amide bonds. The number of hydrogen-bond donors (Lipinski definition) is 0. The maximum atomic E-state index is 12.3. The molecule has 172 valence electrons. The summed E-state index contributed by atoms with van der Waals surface area (Å²) in [6.07, 6.45) is 0.957. The van der Waals surface area contributed by atoms with Gasteiger partial charge in [-0.3, -0.25) is 14.8 Å². The summed E-state index contributed by atoms with van der Waals surface area (Å²) in [5.41, 5.74) is 3.22. The van der Waals surface area contributed by atoms with E-state index in [1.165, 1.54) is 24.3 Å². The van der Waals surface area contributed by atoms with Crippen molar-refractivity contribution in [1.29, 1.82) is 0 Å². The zero-order valence-corrected chi connectivity index (χ0v) is 17.7. The average molecular weight is 458 g/mol. The van der Waals surface area contributed by atoms with Crippen molar-refractivity contribution in [2.24, 2.45) is 5.92 Å². The van der Waals surface area contributed by atoms with Crippen LogP contribution in [0.1, 0.15) is 30.5 Å². The minimum Gasteiger partial charge on any atom is -0.487 e. The van der Waals surface area contributed by atoms with Crippen molar-refractivity contribution in [3.05, 3.63) is 72.3 Å². The second-order valence-corrected chi connectivity index (χ2v) is 7.56. The van der Waals surface area contributed by atoms with Gasteiger partial charge in [0.1, 0.15) is 18.1 Å². The molecule has 2 aromatic heterocycles. The average Bonchev–Trinajstić information content (AvgIpc) is 3.59. The van der Waals surface area contributed by atoms with Crippen LogP contribution in [0.25, 0.3) is 11.1 Å². The molecular weight excluding hydrogens is 437 g/mol. The van der Waals surface area contributed by atoms with E-state index in [0.29, 0.717) is 17.9 Å². The molecule has 2 unspecified atom stereocenters. The number of ether oxygens (including phenoxy) is 3. The lowest BCUT2D eigenvalue weighted by Crippen LogP contribution is -2.17. The Hall–Kier alpha value is -3.62. The van der Waals surface area contributed by atoms with Gasteiger partial charge in [-0.1, -0.05) is 12.1 Å². The molecule has 1 aliphatic rings. The van der Waals surface area contributed by atoms with Gasteiger partial charge in [0.2, 0.25) is 0 Å². The fraction of sp³-hybridized carbons (Fsp3) is 0.292. The molecule has 1 aliphatic carbocycles. The largest absolute Gasteiger partial charge is 0.573 e. The molecule has 33 heavy (non-hydrogen) atoms. The Kier molecular flexibility index (Phi) is 6.48. The van der Waals surface area contributed by atoms with E-state index in [1.54, 1.807) is 25.5 Å². The van der Waals surface area contributed by atoms with Crippen molar-refractivity contribution in [3.63, 3.8) is 0 Å². The van der Waals surface area contributed by atoms with Crippen LogP contribution in [0, 0.1) is 5.92 Å². The van der Waals surface area contributed by atoms with Crippen LogP contribution in [0.4, 0.5) is 13.2 Å². The molecule has 0 bridgehead atoms. The van der Waals surface area contributed by atoms with Crippen molar-refractivity contribution < 1.29 is 32.2 Å². The van der Waals surface area contributed by atoms with Gasteiger partial charge in [0.05, 0.1) is 18.7 Å². The molecule has 0 N–H and O–H groups in total. The maximum Gasteiger partial charge on any atom is 0.573 e. The van der Waals surface area contributed by atoms with Gasteiger partial charge in [-0.2, -0.15) is 0 Å². The van der Waals surface area contributed by atoms with Crippen LogP contribution < -0.4 is 9.47 Å². The molecule has 3 aromatic rings. The van der Waals surface area contributed by atoms with E-state index in [-0.39, 0.29) is 30.2 Å². The summed E-state index contributed by atoms with van der Waals surface area (Å²) in [5.74, 6) is -0.0552. The molecule has 2 heterocycles. The highest BCUT2D eigenvalue weighted by atomic mass is 19.4. The number of halogens is 3. The SMILES string of the molecule is CCOC(=O)C1CC1c1cc(-c2cncc(OCc3ccc(OC(F)(F)F)cc3)c2)ccn1. The maximum absolute atomic E-state index is 12.3. The summed E-state index contributed by atoms with van der Waals surface area (Å²) in [5, 5.41) is 0. The van der Waals surface area contributed by atoms with E-state index in [9.17, 15) is 18.0 Å². The van der Waals surface area contributed by atoms with Crippen LogP contribution in [-0.2, 0) is 16.1 Å². The Labute approximate surface area is 188 Å². The fourth-order valence-electron chi connectivity index (χ4n) is 3.47. The monoisotopic (exact) mass is 458 g/mol. The number of alkyl halides is 3. The quantitative estimate of drug-likeness (QED) is 0.428. The third-order valence-electron chi connectivity index (χ3n) is 5.15. The van der Waals surface area contributed by atoms with Crippen LogP contribution in [0.3, 0.4) is 0 Å². The van der Waals surface area contributed by atoms with Crippen molar-refractivity contribution in [3.8, 4) is 22.6 Å². The zero-order chi connectivity index (χ0) is 23.4. The number of carbonyl (C=O) groups is 1. The van der Waals surface area contributed by atoms with Gasteiger partial charge >= 0.3 is 12.3 Å². The second kappa shape index (κ2) is 9.48. The number of esters is 1. The van der Waals surface area contributed by atoms with Gasteiger partial charge in [-0.25, -0.2) is 0 Å².